The molecule has 266 valence electrons. The topological polar surface area (TPSA) is 0 Å². The van der Waals surface area contributed by atoms with E-state index in [4.69, 9.17) is 17.0 Å². The van der Waals surface area contributed by atoms with Gasteiger partial charge in [0.2, 0.25) is 0 Å². The van der Waals surface area contributed by atoms with E-state index in [1.54, 1.807) is 0 Å². The van der Waals surface area contributed by atoms with E-state index in [0.717, 1.165) is 9.52 Å². The molecule has 54 heavy (non-hydrogen) atoms. The molecule has 0 fully saturated rings. The second kappa shape index (κ2) is 18.5. The summed E-state index contributed by atoms with van der Waals surface area (Å²) in [5.41, 5.74) is 13.3. The van der Waals surface area contributed by atoms with E-state index in [9.17, 15) is 0 Å². The van der Waals surface area contributed by atoms with Crippen molar-refractivity contribution in [3.63, 3.8) is 0 Å². The summed E-state index contributed by atoms with van der Waals surface area (Å²) in [5.74, 6) is 0. The standard InChI is InChI=1S/C27H21.C21H17.C2H6Si.2ClH.Zr/c1-18-8-5-9-19(2)27(18)22-16-21-12-7-15-25(26(21)17-22)24-14-6-11-20-10-3-4-13-23(20)24;1-14-12-20-15(2)10-11-19(21(20)13-14)18-9-5-7-16-6-3-4-8-17(16)18;1-3-2;;;/h3-17H,1-2H3;3-13H,1-2H3;1-2H3;2*1H;/q2*-1;;;;+4/p-2. The first kappa shape index (κ1) is 39.6. The van der Waals surface area contributed by atoms with Crippen LogP contribution in [0.3, 0.4) is 0 Å². The summed E-state index contributed by atoms with van der Waals surface area (Å²) < 4.78 is 0. The fraction of sp³-hybridized carbons (Fsp3) is 0.120. The molecule has 9 rings (SSSR count). The first-order valence-electron chi connectivity index (χ1n) is 18.2. The van der Waals surface area contributed by atoms with E-state index >= 15 is 0 Å². The molecule has 0 aliphatic carbocycles. The fourth-order valence-corrected chi connectivity index (χ4v) is 7.63. The van der Waals surface area contributed by atoms with Gasteiger partial charge in [-0.05, 0) is 46.5 Å². The van der Waals surface area contributed by atoms with Crippen molar-refractivity contribution in [2.45, 2.75) is 40.8 Å². The molecule has 0 N–H and O–H groups in total. The van der Waals surface area contributed by atoms with Crippen LogP contribution in [0.5, 0.6) is 0 Å². The van der Waals surface area contributed by atoms with Crippen LogP contribution < -0.4 is 0 Å². The molecular weight excluding hydrogens is 791 g/mol. The zero-order chi connectivity index (χ0) is 38.2. The molecule has 0 saturated heterocycles. The predicted octanol–water partition coefficient (Wildman–Crippen LogP) is 15.8. The molecule has 0 aliphatic heterocycles. The van der Waals surface area contributed by atoms with Crippen LogP contribution in [0.1, 0.15) is 22.3 Å². The van der Waals surface area contributed by atoms with Crippen molar-refractivity contribution < 1.29 is 20.8 Å². The molecular formula is C50H44Cl2SiZr. The molecule has 0 aromatic heterocycles. The van der Waals surface area contributed by atoms with Crippen LogP contribution in [0.25, 0.3) is 76.5 Å². The molecule has 0 bridgehead atoms. The van der Waals surface area contributed by atoms with Gasteiger partial charge in [-0.2, -0.15) is 6.07 Å². The summed E-state index contributed by atoms with van der Waals surface area (Å²) in [5, 5.41) is 10.6. The molecule has 9 aromatic rings. The van der Waals surface area contributed by atoms with Crippen LogP contribution in [-0.4, -0.2) is 9.52 Å². The van der Waals surface area contributed by atoms with Gasteiger partial charge in [-0.15, -0.1) is 68.6 Å². The first-order chi connectivity index (χ1) is 26.3. The van der Waals surface area contributed by atoms with Crippen molar-refractivity contribution in [1.82, 2.24) is 0 Å². The number of halogens is 2. The molecule has 0 nitrogen and oxygen atoms in total. The Kier molecular flexibility index (Phi) is 13.6. The van der Waals surface area contributed by atoms with Crippen LogP contribution in [0, 0.1) is 27.7 Å². The Morgan fingerprint density at radius 1 is 0.463 bits per heavy atom. The third-order valence-electron chi connectivity index (χ3n) is 9.93. The Bertz CT molecular complexity index is 2630. The average molecular weight is 835 g/mol. The van der Waals surface area contributed by atoms with Gasteiger partial charge >= 0.3 is 37.9 Å². The molecule has 0 heterocycles. The second-order valence-corrected chi connectivity index (χ2v) is 18.5. The maximum atomic E-state index is 4.93. The third-order valence-corrected chi connectivity index (χ3v) is 9.93. The van der Waals surface area contributed by atoms with Crippen molar-refractivity contribution >= 4 is 69.6 Å². The number of benzene rings is 7. The normalized spacial score (nSPS) is 10.6. The van der Waals surface area contributed by atoms with Gasteiger partial charge in [0.05, 0.1) is 0 Å². The van der Waals surface area contributed by atoms with Crippen molar-refractivity contribution in [2.24, 2.45) is 0 Å². The molecule has 0 saturated carbocycles. The van der Waals surface area contributed by atoms with Crippen LogP contribution in [0.15, 0.2) is 158 Å². The average Bonchev–Trinajstić information content (AvgIpc) is 3.80. The van der Waals surface area contributed by atoms with Gasteiger partial charge in [-0.1, -0.05) is 176 Å². The van der Waals surface area contributed by atoms with Gasteiger partial charge in [0.1, 0.15) is 0 Å². The van der Waals surface area contributed by atoms with Crippen molar-refractivity contribution in [3.05, 3.63) is 180 Å². The van der Waals surface area contributed by atoms with Crippen LogP contribution in [0.2, 0.25) is 13.1 Å². The molecule has 4 heteroatoms. The van der Waals surface area contributed by atoms with Gasteiger partial charge in [0.25, 0.3) is 0 Å². The molecule has 0 atom stereocenters. The molecule has 0 aliphatic rings. The van der Waals surface area contributed by atoms with Gasteiger partial charge in [-0.3, -0.25) is 0 Å². The fourth-order valence-electron chi connectivity index (χ4n) is 7.63. The van der Waals surface area contributed by atoms with E-state index in [2.05, 4.69) is 199 Å². The Morgan fingerprint density at radius 3 is 1.50 bits per heavy atom. The molecule has 0 amide bonds. The van der Waals surface area contributed by atoms with E-state index in [1.165, 1.54) is 98.7 Å². The summed E-state index contributed by atoms with van der Waals surface area (Å²) in [6, 6.07) is 57.4. The van der Waals surface area contributed by atoms with E-state index in [0.29, 0.717) is 0 Å². The number of rotatable bonds is 3. The molecule has 0 unspecified atom stereocenters. The van der Waals surface area contributed by atoms with E-state index in [1.807, 2.05) is 0 Å². The first-order valence-corrected chi connectivity index (χ1v) is 26.6. The van der Waals surface area contributed by atoms with Gasteiger partial charge in [-0.25, -0.2) is 0 Å². The van der Waals surface area contributed by atoms with Crippen molar-refractivity contribution in [3.8, 4) is 33.4 Å². The third kappa shape index (κ3) is 8.59. The zero-order valence-corrected chi connectivity index (χ0v) is 36.7. The SMILES string of the molecule is C[Si]C.Cc1cc2c(-c3cccc4ccccc34)ccc(C)c2[cH-]1.Cc1cccc(C)c1-c1cc2c(-c3cccc4ccccc34)cccc2[cH-]1.[Cl][Zr+2][Cl]. The Balaban J connectivity index is 0.000000165. The van der Waals surface area contributed by atoms with Crippen LogP contribution in [-0.2, 0) is 20.8 Å². The number of hydrogen-bond acceptors (Lipinski definition) is 0. The molecule has 2 radical (unpaired) electrons. The summed E-state index contributed by atoms with van der Waals surface area (Å²) in [7, 11) is 11.0. The van der Waals surface area contributed by atoms with Crippen molar-refractivity contribution in [1.29, 1.82) is 0 Å². The molecule has 0 spiro atoms. The number of hydrogen-bond donors (Lipinski definition) is 0. The van der Waals surface area contributed by atoms with Gasteiger partial charge < -0.3 is 0 Å². The maximum absolute atomic E-state index is 4.93. The minimum atomic E-state index is -0.826. The number of aryl methyl sites for hydroxylation is 4. The van der Waals surface area contributed by atoms with Crippen LogP contribution >= 0.6 is 17.0 Å². The summed E-state index contributed by atoms with van der Waals surface area (Å²) in [6.45, 7) is 13.1. The summed E-state index contributed by atoms with van der Waals surface area (Å²) in [4.78, 5) is 0. The Morgan fingerprint density at radius 2 is 0.926 bits per heavy atom. The quantitative estimate of drug-likeness (QED) is 0.123. The predicted molar refractivity (Wildman–Crippen MR) is 239 cm³/mol. The van der Waals surface area contributed by atoms with E-state index < -0.39 is 20.8 Å². The van der Waals surface area contributed by atoms with Crippen molar-refractivity contribution in [2.75, 3.05) is 0 Å². The van der Waals surface area contributed by atoms with Gasteiger partial charge in [0, 0.05) is 9.52 Å². The summed E-state index contributed by atoms with van der Waals surface area (Å²) >= 11 is -0.826. The second-order valence-electron chi connectivity index (χ2n) is 13.7. The summed E-state index contributed by atoms with van der Waals surface area (Å²) in [6.07, 6.45) is 0. The van der Waals surface area contributed by atoms with Gasteiger partial charge in [0.15, 0.2) is 0 Å². The zero-order valence-electron chi connectivity index (χ0n) is 31.8. The number of fused-ring (bicyclic) bond motifs is 4. The van der Waals surface area contributed by atoms with E-state index in [-0.39, 0.29) is 0 Å². The monoisotopic (exact) mass is 832 g/mol. The minimum absolute atomic E-state index is 0.826. The Labute approximate surface area is 342 Å². The van der Waals surface area contributed by atoms with Crippen LogP contribution in [0.4, 0.5) is 0 Å². The Hall–Kier alpha value is -4.04. The molecule has 9 aromatic carbocycles.